The number of halogens is 1. The van der Waals surface area contributed by atoms with E-state index in [1.54, 1.807) is 11.0 Å². The smallest absolute Gasteiger partial charge is 0.313 e. The number of carbonyl (C=O) groups excluding carboxylic acids is 4. The number of morpholine rings is 1. The van der Waals surface area contributed by atoms with Crippen LogP contribution in [0.3, 0.4) is 0 Å². The summed E-state index contributed by atoms with van der Waals surface area (Å²) in [6.07, 6.45) is 4.75. The van der Waals surface area contributed by atoms with E-state index in [1.165, 1.54) is 12.0 Å². The Bertz CT molecular complexity index is 1520. The molecule has 0 saturated carbocycles. The van der Waals surface area contributed by atoms with Crippen LogP contribution in [0, 0.1) is 17.8 Å². The van der Waals surface area contributed by atoms with Gasteiger partial charge < -0.3 is 39.2 Å². The number of rotatable bonds is 10. The second kappa shape index (κ2) is 16.9. The number of carbonyl (C=O) groups is 4. The molecular formula is C38H51BrN4O9. The van der Waals surface area contributed by atoms with Gasteiger partial charge in [0, 0.05) is 50.7 Å². The van der Waals surface area contributed by atoms with Crippen molar-refractivity contribution in [1.29, 1.82) is 0 Å². The molecule has 5 heterocycles. The predicted molar refractivity (Wildman–Crippen MR) is 194 cm³/mol. The molecule has 13 nitrogen and oxygen atoms in total. The molecule has 3 amide bonds. The minimum Gasteiger partial charge on any atom is -0.455 e. The number of ether oxygens (including phenoxy) is 4. The zero-order valence-electron chi connectivity index (χ0n) is 30.2. The molecule has 0 aromatic heterocycles. The monoisotopic (exact) mass is 786 g/mol. The summed E-state index contributed by atoms with van der Waals surface area (Å²) >= 11 is 3.63. The Kier molecular flexibility index (Phi) is 12.5. The van der Waals surface area contributed by atoms with Crippen LogP contribution in [-0.2, 0) is 38.1 Å². The van der Waals surface area contributed by atoms with Gasteiger partial charge in [0.25, 0.3) is 0 Å². The number of cyclic esters (lactones) is 1. The van der Waals surface area contributed by atoms with Gasteiger partial charge in [-0.3, -0.25) is 24.1 Å². The molecule has 2 N–H and O–H groups in total. The van der Waals surface area contributed by atoms with E-state index in [1.807, 2.05) is 56.3 Å². The van der Waals surface area contributed by atoms with Gasteiger partial charge in [-0.05, 0) is 30.4 Å². The van der Waals surface area contributed by atoms with Crippen molar-refractivity contribution in [3.8, 4) is 0 Å². The van der Waals surface area contributed by atoms with Gasteiger partial charge in [0.15, 0.2) is 0 Å². The number of methoxy groups -OCH3 is 1. The Morgan fingerprint density at radius 2 is 1.79 bits per heavy atom. The van der Waals surface area contributed by atoms with Gasteiger partial charge in [-0.25, -0.2) is 0 Å². The number of allylic oxidation sites excluding steroid dienone is 1. The van der Waals surface area contributed by atoms with Gasteiger partial charge in [-0.2, -0.15) is 0 Å². The van der Waals surface area contributed by atoms with E-state index >= 15 is 4.79 Å². The Labute approximate surface area is 313 Å². The largest absolute Gasteiger partial charge is 0.455 e. The topological polar surface area (TPSA) is 147 Å². The van der Waals surface area contributed by atoms with E-state index in [-0.39, 0.29) is 43.9 Å². The molecule has 1 spiro atoms. The van der Waals surface area contributed by atoms with E-state index in [2.05, 4.69) is 26.1 Å². The molecule has 5 aliphatic heterocycles. The molecule has 52 heavy (non-hydrogen) atoms. The quantitative estimate of drug-likeness (QED) is 0.268. The first-order valence-corrected chi connectivity index (χ1v) is 19.2. The Morgan fingerprint density at radius 1 is 1.04 bits per heavy atom. The molecule has 8 atom stereocenters. The number of hydrogen-bond donors (Lipinski definition) is 2. The van der Waals surface area contributed by atoms with Crippen molar-refractivity contribution in [3.05, 3.63) is 58.6 Å². The van der Waals surface area contributed by atoms with Crippen molar-refractivity contribution >= 4 is 39.6 Å². The SMILES string of the molecule is COC[C@H]1NC(=O)CC/C=C\CN(CCN2CCOCC2)C(=O)[C@@H]2N([C@@H](CO)CC(C)C)C(=O)[C@H]3[C@H](C(=O)O[C@@H]1c1ccccc1)[C@H]1O[C@@]23C=C1Br. The van der Waals surface area contributed by atoms with Crippen LogP contribution in [-0.4, -0.2) is 140 Å². The first kappa shape index (κ1) is 38.6. The molecule has 0 aliphatic carbocycles. The number of amides is 3. The highest BCUT2D eigenvalue weighted by Crippen LogP contribution is 2.59. The first-order valence-electron chi connectivity index (χ1n) is 18.4. The van der Waals surface area contributed by atoms with E-state index in [0.717, 1.165) is 13.1 Å². The molecule has 1 aromatic carbocycles. The minimum atomic E-state index is -1.48. The molecule has 284 valence electrons. The molecule has 5 aliphatic rings. The van der Waals surface area contributed by atoms with Crippen molar-refractivity contribution in [2.24, 2.45) is 17.8 Å². The Hall–Kier alpha value is -3.14. The molecule has 3 fully saturated rings. The summed E-state index contributed by atoms with van der Waals surface area (Å²) in [5.41, 5.74) is -0.840. The van der Waals surface area contributed by atoms with E-state index in [0.29, 0.717) is 49.2 Å². The lowest BCUT2D eigenvalue weighted by molar-refractivity contribution is -0.163. The number of aliphatic hydroxyl groups excluding tert-OH is 1. The summed E-state index contributed by atoms with van der Waals surface area (Å²) in [5, 5.41) is 13.8. The number of likely N-dealkylation sites (tertiary alicyclic amines) is 1. The van der Waals surface area contributed by atoms with Crippen molar-refractivity contribution < 1.29 is 43.2 Å². The van der Waals surface area contributed by atoms with Gasteiger partial charge in [0.05, 0.1) is 44.4 Å². The maximum Gasteiger partial charge on any atom is 0.313 e. The third kappa shape index (κ3) is 7.74. The first-order chi connectivity index (χ1) is 25.1. The zero-order valence-corrected chi connectivity index (χ0v) is 31.7. The molecule has 6 rings (SSSR count). The van der Waals surface area contributed by atoms with Crippen molar-refractivity contribution in [2.45, 2.75) is 69.0 Å². The number of nitrogens with zero attached hydrogens (tertiary/aromatic N) is 3. The van der Waals surface area contributed by atoms with E-state index < -0.39 is 59.6 Å². The van der Waals surface area contributed by atoms with Gasteiger partial charge in [0.1, 0.15) is 29.8 Å². The molecule has 0 unspecified atom stereocenters. The van der Waals surface area contributed by atoms with Crippen molar-refractivity contribution in [3.63, 3.8) is 0 Å². The number of aliphatic hydroxyl groups is 1. The predicted octanol–water partition coefficient (Wildman–Crippen LogP) is 2.19. The third-order valence-corrected chi connectivity index (χ3v) is 11.5. The van der Waals surface area contributed by atoms with Crippen LogP contribution >= 0.6 is 15.9 Å². The second-order valence-electron chi connectivity index (χ2n) is 14.7. The molecule has 14 heteroatoms. The van der Waals surface area contributed by atoms with E-state index in [9.17, 15) is 19.5 Å². The summed E-state index contributed by atoms with van der Waals surface area (Å²) in [7, 11) is 1.51. The van der Waals surface area contributed by atoms with Crippen LogP contribution in [0.1, 0.15) is 44.8 Å². The normalized spacial score (nSPS) is 32.8. The summed E-state index contributed by atoms with van der Waals surface area (Å²) in [4.78, 5) is 63.3. The Morgan fingerprint density at radius 3 is 2.48 bits per heavy atom. The highest BCUT2D eigenvalue weighted by molar-refractivity contribution is 9.11. The lowest BCUT2D eigenvalue weighted by atomic mass is 9.74. The maximum atomic E-state index is 15.1. The average Bonchev–Trinajstić information content (AvgIpc) is 3.73. The number of nitrogens with one attached hydrogen (secondary N) is 1. The molecular weight excluding hydrogens is 736 g/mol. The maximum absolute atomic E-state index is 15.1. The minimum absolute atomic E-state index is 0.0603. The Balaban J connectivity index is 1.44. The van der Waals surface area contributed by atoms with Gasteiger partial charge in [-0.15, -0.1) is 0 Å². The van der Waals surface area contributed by atoms with Crippen LogP contribution < -0.4 is 5.32 Å². The average molecular weight is 788 g/mol. The van der Waals surface area contributed by atoms with Crippen LogP contribution in [0.2, 0.25) is 0 Å². The molecule has 1 aromatic rings. The van der Waals surface area contributed by atoms with Crippen LogP contribution in [0.5, 0.6) is 0 Å². The van der Waals surface area contributed by atoms with Gasteiger partial charge >= 0.3 is 5.97 Å². The fourth-order valence-corrected chi connectivity index (χ4v) is 9.13. The van der Waals surface area contributed by atoms with Gasteiger partial charge in [0.2, 0.25) is 17.7 Å². The lowest BCUT2D eigenvalue weighted by Crippen LogP contribution is -2.59. The highest BCUT2D eigenvalue weighted by atomic mass is 79.9. The molecule has 3 saturated heterocycles. The number of hydrogen-bond acceptors (Lipinski definition) is 10. The number of benzene rings is 1. The number of fused-ring (bicyclic) bond motifs is 2. The third-order valence-electron chi connectivity index (χ3n) is 10.8. The fraction of sp³-hybridized carbons (Fsp3) is 0.632. The molecule has 5 bridgehead atoms. The summed E-state index contributed by atoms with van der Waals surface area (Å²) < 4.78 is 24.6. The zero-order chi connectivity index (χ0) is 37.0. The number of esters is 1. The lowest BCUT2D eigenvalue weighted by Gasteiger charge is -2.39. The van der Waals surface area contributed by atoms with Crippen LogP contribution in [0.15, 0.2) is 53.0 Å². The molecule has 0 radical (unpaired) electrons. The van der Waals surface area contributed by atoms with Crippen LogP contribution in [0.4, 0.5) is 0 Å². The summed E-state index contributed by atoms with van der Waals surface area (Å²) in [5.74, 6) is -3.77. The summed E-state index contributed by atoms with van der Waals surface area (Å²) in [6.45, 7) is 7.61. The second-order valence-corrected chi connectivity index (χ2v) is 15.6. The fourth-order valence-electron chi connectivity index (χ4n) is 8.40. The van der Waals surface area contributed by atoms with Crippen molar-refractivity contribution in [2.75, 3.05) is 66.3 Å². The van der Waals surface area contributed by atoms with Crippen LogP contribution in [0.25, 0.3) is 0 Å². The standard InChI is InChI=1S/C38H51BrN4O9/c1-24(2)20-26(22-44)43-34-36(47)42(15-14-41-16-18-50-19-17-41)13-9-5-8-12-29(45)40-28(23-49-3)32(25-10-6-4-7-11-25)51-37(48)30-31(35(43)46)38(34)21-27(39)33(30)52-38/h4-7,9-11,21,24,26,28,30-34,44H,8,12-20,22-23H2,1-3H3,(H,40,45)/b9-5-/t26-,28-,30+,31-,32-,33+,34+,38-/m1/s1. The van der Waals surface area contributed by atoms with E-state index in [4.69, 9.17) is 18.9 Å². The summed E-state index contributed by atoms with van der Waals surface area (Å²) in [6, 6.07) is 6.55. The highest BCUT2D eigenvalue weighted by Gasteiger charge is 2.75. The van der Waals surface area contributed by atoms with Gasteiger partial charge in [-0.1, -0.05) is 72.3 Å². The van der Waals surface area contributed by atoms with Crippen molar-refractivity contribution in [1.82, 2.24) is 20.0 Å².